The predicted octanol–water partition coefficient (Wildman–Crippen LogP) is 2.35. The molecule has 2 N–H and O–H groups in total. The van der Waals surface area contributed by atoms with Crippen molar-refractivity contribution >= 4 is 0 Å². The Morgan fingerprint density at radius 1 is 1.15 bits per heavy atom. The molecule has 20 heavy (non-hydrogen) atoms. The van der Waals surface area contributed by atoms with Crippen LogP contribution in [0.5, 0.6) is 5.75 Å². The number of rotatable bonds is 10. The zero-order chi connectivity index (χ0) is 14.8. The molecule has 1 rings (SSSR count). The molecule has 1 aromatic carbocycles. The third-order valence-electron chi connectivity index (χ3n) is 3.56. The van der Waals surface area contributed by atoms with Crippen molar-refractivity contribution in [2.45, 2.75) is 38.8 Å². The van der Waals surface area contributed by atoms with Crippen LogP contribution in [0.3, 0.4) is 0 Å². The van der Waals surface area contributed by atoms with Gasteiger partial charge in [0.15, 0.2) is 0 Å². The smallest absolute Gasteiger partial charge is 0.119 e. The lowest BCUT2D eigenvalue weighted by atomic mass is 9.99. The number of nitrogens with one attached hydrogen (secondary N) is 1. The molecule has 4 nitrogen and oxygen atoms in total. The Morgan fingerprint density at radius 3 is 2.35 bits per heavy atom. The minimum Gasteiger partial charge on any atom is -0.491 e. The van der Waals surface area contributed by atoms with E-state index in [9.17, 15) is 5.11 Å². The quantitative estimate of drug-likeness (QED) is 0.646. The molecule has 114 valence electrons. The van der Waals surface area contributed by atoms with Crippen molar-refractivity contribution in [1.29, 1.82) is 0 Å². The van der Waals surface area contributed by atoms with Crippen LogP contribution in [0.25, 0.3) is 0 Å². The van der Waals surface area contributed by atoms with E-state index in [1.165, 1.54) is 5.56 Å². The van der Waals surface area contributed by atoms with E-state index in [4.69, 9.17) is 9.47 Å². The number of ether oxygens (including phenoxy) is 2. The molecule has 0 saturated heterocycles. The maximum Gasteiger partial charge on any atom is 0.119 e. The molecule has 0 fully saturated rings. The Balaban J connectivity index is 2.38. The summed E-state index contributed by atoms with van der Waals surface area (Å²) in [5, 5.41) is 13.5. The fourth-order valence-electron chi connectivity index (χ4n) is 1.78. The fourth-order valence-corrected chi connectivity index (χ4v) is 1.78. The van der Waals surface area contributed by atoms with Crippen molar-refractivity contribution in [2.24, 2.45) is 0 Å². The number of hydrogen-bond acceptors (Lipinski definition) is 4. The SMILES string of the molecule is CCC(O)(CC)COc1ccc(CNCCOC)cc1. The van der Waals surface area contributed by atoms with Crippen LogP contribution in [-0.2, 0) is 11.3 Å². The molecule has 4 heteroatoms. The van der Waals surface area contributed by atoms with Crippen LogP contribution in [0, 0.1) is 0 Å². The van der Waals surface area contributed by atoms with Gasteiger partial charge in [-0.05, 0) is 30.5 Å². The van der Waals surface area contributed by atoms with Crippen molar-refractivity contribution in [2.75, 3.05) is 26.9 Å². The Bertz CT molecular complexity index is 360. The topological polar surface area (TPSA) is 50.7 Å². The lowest BCUT2D eigenvalue weighted by Crippen LogP contribution is -2.34. The van der Waals surface area contributed by atoms with E-state index in [1.54, 1.807) is 7.11 Å². The average molecular weight is 281 g/mol. The summed E-state index contributed by atoms with van der Waals surface area (Å²) in [5.74, 6) is 0.797. The monoisotopic (exact) mass is 281 g/mol. The maximum atomic E-state index is 10.2. The Morgan fingerprint density at radius 2 is 1.80 bits per heavy atom. The normalized spacial score (nSPS) is 11.6. The molecule has 1 aromatic rings. The second-order valence-corrected chi connectivity index (χ2v) is 5.03. The molecule has 0 saturated carbocycles. The molecule has 0 unspecified atom stereocenters. The van der Waals surface area contributed by atoms with Gasteiger partial charge in [0, 0.05) is 20.2 Å². The van der Waals surface area contributed by atoms with Crippen LogP contribution in [0.1, 0.15) is 32.3 Å². The van der Waals surface area contributed by atoms with Crippen molar-refractivity contribution in [3.63, 3.8) is 0 Å². The average Bonchev–Trinajstić information content (AvgIpc) is 2.50. The summed E-state index contributed by atoms with van der Waals surface area (Å²) < 4.78 is 10.6. The van der Waals surface area contributed by atoms with E-state index in [-0.39, 0.29) is 0 Å². The highest BCUT2D eigenvalue weighted by Crippen LogP contribution is 2.18. The molecule has 0 amide bonds. The van der Waals surface area contributed by atoms with E-state index < -0.39 is 5.60 Å². The van der Waals surface area contributed by atoms with E-state index in [0.29, 0.717) is 26.1 Å². The molecule has 0 atom stereocenters. The lowest BCUT2D eigenvalue weighted by molar-refractivity contribution is -0.0113. The third-order valence-corrected chi connectivity index (χ3v) is 3.56. The van der Waals surface area contributed by atoms with Gasteiger partial charge in [-0.2, -0.15) is 0 Å². The first kappa shape index (κ1) is 17.0. The van der Waals surface area contributed by atoms with Crippen LogP contribution < -0.4 is 10.1 Å². The van der Waals surface area contributed by atoms with Crippen LogP contribution in [0.4, 0.5) is 0 Å². The summed E-state index contributed by atoms with van der Waals surface area (Å²) >= 11 is 0. The van der Waals surface area contributed by atoms with Gasteiger partial charge in [0.05, 0.1) is 12.2 Å². The first-order chi connectivity index (χ1) is 9.63. The predicted molar refractivity (Wildman–Crippen MR) is 81.1 cm³/mol. The van der Waals surface area contributed by atoms with Gasteiger partial charge in [0.1, 0.15) is 12.4 Å². The first-order valence-corrected chi connectivity index (χ1v) is 7.27. The highest BCUT2D eigenvalue weighted by atomic mass is 16.5. The fraction of sp³-hybridized carbons (Fsp3) is 0.625. The molecular formula is C16H27NO3. The van der Waals surface area contributed by atoms with E-state index in [1.807, 2.05) is 38.1 Å². The maximum absolute atomic E-state index is 10.2. The molecule has 0 aromatic heterocycles. The van der Waals surface area contributed by atoms with Gasteiger partial charge < -0.3 is 19.9 Å². The van der Waals surface area contributed by atoms with E-state index in [2.05, 4.69) is 5.32 Å². The van der Waals surface area contributed by atoms with Crippen molar-refractivity contribution in [3.8, 4) is 5.75 Å². The highest BCUT2D eigenvalue weighted by molar-refractivity contribution is 5.27. The van der Waals surface area contributed by atoms with Gasteiger partial charge in [-0.15, -0.1) is 0 Å². The summed E-state index contributed by atoms with van der Waals surface area (Å²) in [6.07, 6.45) is 1.40. The molecular weight excluding hydrogens is 254 g/mol. The Kier molecular flexibility index (Phi) is 7.59. The molecule has 0 bridgehead atoms. The molecule has 0 aliphatic heterocycles. The van der Waals surface area contributed by atoms with Gasteiger partial charge in [0.2, 0.25) is 0 Å². The summed E-state index contributed by atoms with van der Waals surface area (Å²) in [6.45, 7) is 6.66. The summed E-state index contributed by atoms with van der Waals surface area (Å²) in [7, 11) is 1.70. The van der Waals surface area contributed by atoms with Gasteiger partial charge in [0.25, 0.3) is 0 Å². The Hall–Kier alpha value is -1.10. The first-order valence-electron chi connectivity index (χ1n) is 7.27. The molecule has 0 aliphatic rings. The minimum atomic E-state index is -0.722. The van der Waals surface area contributed by atoms with E-state index >= 15 is 0 Å². The Labute approximate surface area is 122 Å². The van der Waals surface area contributed by atoms with Gasteiger partial charge >= 0.3 is 0 Å². The molecule has 0 aliphatic carbocycles. The second-order valence-electron chi connectivity index (χ2n) is 5.03. The number of methoxy groups -OCH3 is 1. The lowest BCUT2D eigenvalue weighted by Gasteiger charge is -2.25. The van der Waals surface area contributed by atoms with Crippen LogP contribution in [-0.4, -0.2) is 37.6 Å². The van der Waals surface area contributed by atoms with Crippen LogP contribution in [0.15, 0.2) is 24.3 Å². The zero-order valence-corrected chi connectivity index (χ0v) is 12.8. The van der Waals surface area contributed by atoms with Crippen LogP contribution in [0.2, 0.25) is 0 Å². The second kappa shape index (κ2) is 8.95. The van der Waals surface area contributed by atoms with Crippen molar-refractivity contribution in [1.82, 2.24) is 5.32 Å². The minimum absolute atomic E-state index is 0.339. The van der Waals surface area contributed by atoms with Gasteiger partial charge in [-0.25, -0.2) is 0 Å². The molecule has 0 spiro atoms. The third kappa shape index (κ3) is 5.90. The summed E-state index contributed by atoms with van der Waals surface area (Å²) in [4.78, 5) is 0. The zero-order valence-electron chi connectivity index (χ0n) is 12.8. The van der Waals surface area contributed by atoms with Gasteiger partial charge in [-0.3, -0.25) is 0 Å². The number of aliphatic hydroxyl groups is 1. The highest BCUT2D eigenvalue weighted by Gasteiger charge is 2.22. The van der Waals surface area contributed by atoms with Crippen LogP contribution >= 0.6 is 0 Å². The van der Waals surface area contributed by atoms with Crippen molar-refractivity contribution < 1.29 is 14.6 Å². The van der Waals surface area contributed by atoms with E-state index in [0.717, 1.165) is 18.8 Å². The van der Waals surface area contributed by atoms with Gasteiger partial charge in [-0.1, -0.05) is 26.0 Å². The van der Waals surface area contributed by atoms with Crippen molar-refractivity contribution in [3.05, 3.63) is 29.8 Å². The summed E-state index contributed by atoms with van der Waals surface area (Å²) in [5.41, 5.74) is 0.482. The largest absolute Gasteiger partial charge is 0.491 e. The molecule has 0 heterocycles. The summed E-state index contributed by atoms with van der Waals surface area (Å²) in [6, 6.07) is 7.95. The standard InChI is InChI=1S/C16H27NO3/c1-4-16(18,5-2)13-20-15-8-6-14(7-9-15)12-17-10-11-19-3/h6-9,17-18H,4-5,10-13H2,1-3H3. The number of benzene rings is 1. The molecule has 0 radical (unpaired) electrons. The number of hydrogen-bond donors (Lipinski definition) is 2.